The molecule has 2 aromatic heterocycles. The van der Waals surface area contributed by atoms with E-state index in [4.69, 9.17) is 23.9 Å². The summed E-state index contributed by atoms with van der Waals surface area (Å²) < 4.78 is 24.3. The topological polar surface area (TPSA) is 92.0 Å². The molecule has 0 atom stereocenters. The molecule has 9 heteroatoms. The fourth-order valence-electron chi connectivity index (χ4n) is 5.16. The number of phenols is 1. The van der Waals surface area contributed by atoms with Gasteiger partial charge in [-0.2, -0.15) is 0 Å². The highest BCUT2D eigenvalue weighted by atomic mass is 32.1. The Morgan fingerprint density at radius 1 is 0.975 bits per heavy atom. The molecule has 0 fully saturated rings. The normalized spacial score (nSPS) is 12.4. The summed E-state index contributed by atoms with van der Waals surface area (Å²) in [5.41, 5.74) is 2.69. The van der Waals surface area contributed by atoms with E-state index in [0.29, 0.717) is 56.7 Å². The van der Waals surface area contributed by atoms with Gasteiger partial charge < -0.3 is 24.1 Å². The summed E-state index contributed by atoms with van der Waals surface area (Å²) in [4.78, 5) is 19.9. The van der Waals surface area contributed by atoms with Gasteiger partial charge in [-0.3, -0.25) is 9.36 Å². The van der Waals surface area contributed by atoms with Crippen LogP contribution < -0.4 is 24.5 Å². The molecule has 5 aromatic rings. The zero-order valence-electron chi connectivity index (χ0n) is 22.7. The Hall–Kier alpha value is -4.24. The number of rotatable bonds is 9. The Labute approximate surface area is 235 Å². The minimum atomic E-state index is -0.142. The second-order valence-corrected chi connectivity index (χ2v) is 10.8. The van der Waals surface area contributed by atoms with Gasteiger partial charge in [-0.1, -0.05) is 25.5 Å². The Bertz CT molecular complexity index is 1790. The summed E-state index contributed by atoms with van der Waals surface area (Å²) >= 11 is 1.35. The fraction of sp³-hybridized carbons (Fsp3) is 0.290. The van der Waals surface area contributed by atoms with Crippen molar-refractivity contribution in [2.45, 2.75) is 39.2 Å². The van der Waals surface area contributed by atoms with Gasteiger partial charge in [0.05, 0.1) is 30.9 Å². The van der Waals surface area contributed by atoms with E-state index in [0.717, 1.165) is 41.3 Å². The highest BCUT2D eigenvalue weighted by molar-refractivity contribution is 7.25. The van der Waals surface area contributed by atoms with Gasteiger partial charge in [0, 0.05) is 11.8 Å². The molecule has 1 aliphatic heterocycles. The highest BCUT2D eigenvalue weighted by Crippen LogP contribution is 2.39. The molecule has 206 valence electrons. The van der Waals surface area contributed by atoms with Crippen molar-refractivity contribution in [2.75, 3.05) is 21.0 Å². The molecule has 0 spiro atoms. The SMILES string of the molecule is CCCCc1cc(O)c2sc3nc(Cc4ccc(OC)c(OC)c4)n(Cc4ccc5c(c4)OCO5)c(=O)c3c2c1. The third kappa shape index (κ3) is 4.70. The lowest BCUT2D eigenvalue weighted by Crippen LogP contribution is -2.26. The van der Waals surface area contributed by atoms with Crippen LogP contribution >= 0.6 is 11.3 Å². The van der Waals surface area contributed by atoms with Crippen LogP contribution in [0.25, 0.3) is 20.3 Å². The number of aryl methyl sites for hydroxylation is 1. The second kappa shape index (κ2) is 10.7. The molecule has 1 aliphatic rings. The van der Waals surface area contributed by atoms with Gasteiger partial charge in [-0.05, 0) is 65.9 Å². The van der Waals surface area contributed by atoms with E-state index >= 15 is 0 Å². The number of thiophene rings is 1. The zero-order chi connectivity index (χ0) is 27.8. The van der Waals surface area contributed by atoms with Crippen LogP contribution in [-0.4, -0.2) is 35.7 Å². The molecule has 3 aromatic carbocycles. The minimum Gasteiger partial charge on any atom is -0.506 e. The average Bonchev–Trinajstić information content (AvgIpc) is 3.58. The summed E-state index contributed by atoms with van der Waals surface area (Å²) in [7, 11) is 3.19. The molecule has 0 bridgehead atoms. The van der Waals surface area contributed by atoms with E-state index in [1.54, 1.807) is 18.8 Å². The molecular formula is C31H30N2O6S. The van der Waals surface area contributed by atoms with Gasteiger partial charge in [0.15, 0.2) is 23.0 Å². The summed E-state index contributed by atoms with van der Waals surface area (Å²) in [6.45, 7) is 2.62. The molecule has 0 aliphatic carbocycles. The lowest BCUT2D eigenvalue weighted by molar-refractivity contribution is 0.174. The van der Waals surface area contributed by atoms with Crippen LogP contribution in [0, 0.1) is 0 Å². The molecule has 0 amide bonds. The molecule has 1 N–H and O–H groups in total. The number of aromatic hydroxyl groups is 1. The van der Waals surface area contributed by atoms with E-state index in [1.165, 1.54) is 11.3 Å². The predicted octanol–water partition coefficient (Wildman–Crippen LogP) is 6.04. The van der Waals surface area contributed by atoms with Gasteiger partial charge in [0.1, 0.15) is 16.4 Å². The van der Waals surface area contributed by atoms with Gasteiger partial charge >= 0.3 is 0 Å². The van der Waals surface area contributed by atoms with Crippen molar-refractivity contribution in [1.82, 2.24) is 9.55 Å². The number of fused-ring (bicyclic) bond motifs is 4. The first kappa shape index (κ1) is 26.0. The first-order valence-electron chi connectivity index (χ1n) is 13.3. The largest absolute Gasteiger partial charge is 0.506 e. The second-order valence-electron chi connectivity index (χ2n) is 9.85. The van der Waals surface area contributed by atoms with Crippen LogP contribution in [0.4, 0.5) is 0 Å². The fourth-order valence-corrected chi connectivity index (χ4v) is 6.24. The maximum atomic E-state index is 14.3. The van der Waals surface area contributed by atoms with Crippen molar-refractivity contribution in [3.8, 4) is 28.7 Å². The molecule has 0 saturated carbocycles. The van der Waals surface area contributed by atoms with Gasteiger partial charge in [-0.15, -0.1) is 11.3 Å². The Morgan fingerprint density at radius 2 is 1.77 bits per heavy atom. The molecule has 0 unspecified atom stereocenters. The van der Waals surface area contributed by atoms with E-state index in [-0.39, 0.29) is 18.1 Å². The third-order valence-corrected chi connectivity index (χ3v) is 8.34. The Balaban J connectivity index is 1.52. The number of aromatic nitrogens is 2. The Morgan fingerprint density at radius 3 is 2.58 bits per heavy atom. The minimum absolute atomic E-state index is 0.142. The van der Waals surface area contributed by atoms with Crippen LogP contribution in [0.2, 0.25) is 0 Å². The monoisotopic (exact) mass is 558 g/mol. The molecule has 3 heterocycles. The van der Waals surface area contributed by atoms with E-state index in [1.807, 2.05) is 48.5 Å². The summed E-state index contributed by atoms with van der Waals surface area (Å²) in [5.74, 6) is 3.39. The zero-order valence-corrected chi connectivity index (χ0v) is 23.5. The molecule has 40 heavy (non-hydrogen) atoms. The number of benzene rings is 3. The van der Waals surface area contributed by atoms with Crippen LogP contribution in [0.1, 0.15) is 42.3 Å². The number of unbranched alkanes of at least 4 members (excludes halogenated alkanes) is 1. The smallest absolute Gasteiger partial charge is 0.263 e. The third-order valence-electron chi connectivity index (χ3n) is 7.22. The number of phenolic OH excluding ortho intramolecular Hbond substituents is 1. The number of ether oxygens (including phenoxy) is 4. The Kier molecular flexibility index (Phi) is 6.98. The number of hydrogen-bond donors (Lipinski definition) is 1. The quantitative estimate of drug-likeness (QED) is 0.236. The van der Waals surface area contributed by atoms with Crippen molar-refractivity contribution in [3.05, 3.63) is 81.4 Å². The first-order chi connectivity index (χ1) is 19.5. The number of nitrogens with zero attached hydrogens (tertiary/aromatic N) is 2. The van der Waals surface area contributed by atoms with Crippen molar-refractivity contribution >= 4 is 31.6 Å². The lowest BCUT2D eigenvalue weighted by Gasteiger charge is -2.14. The molecule has 6 rings (SSSR count). The number of hydrogen-bond acceptors (Lipinski definition) is 8. The predicted molar refractivity (Wildman–Crippen MR) is 156 cm³/mol. The molecular weight excluding hydrogens is 528 g/mol. The van der Waals surface area contributed by atoms with Gasteiger partial charge in [0.25, 0.3) is 5.56 Å². The maximum Gasteiger partial charge on any atom is 0.263 e. The van der Waals surface area contributed by atoms with Crippen molar-refractivity contribution < 1.29 is 24.1 Å². The molecule has 8 nitrogen and oxygen atoms in total. The first-order valence-corrected chi connectivity index (χ1v) is 14.1. The lowest BCUT2D eigenvalue weighted by atomic mass is 10.0. The van der Waals surface area contributed by atoms with E-state index in [9.17, 15) is 9.90 Å². The maximum absolute atomic E-state index is 14.3. The van der Waals surface area contributed by atoms with Crippen LogP contribution in [0.15, 0.2) is 53.3 Å². The van der Waals surface area contributed by atoms with Gasteiger partial charge in [-0.25, -0.2) is 4.98 Å². The standard InChI is InChI=1S/C31H30N2O6S/c1-4-5-6-18-11-21-28-30(40-29(21)22(34)12-18)32-27(15-19-7-9-23(36-2)25(13-19)37-3)33(31(28)35)16-20-8-10-24-26(14-20)39-17-38-24/h7-14,34H,4-6,15-17H2,1-3H3. The number of methoxy groups -OCH3 is 2. The van der Waals surface area contributed by atoms with Crippen molar-refractivity contribution in [3.63, 3.8) is 0 Å². The van der Waals surface area contributed by atoms with E-state index < -0.39 is 0 Å². The molecule has 0 saturated heterocycles. The average molecular weight is 559 g/mol. The van der Waals surface area contributed by atoms with Crippen LogP contribution in [-0.2, 0) is 19.4 Å². The summed E-state index contributed by atoms with van der Waals surface area (Å²) in [6.07, 6.45) is 3.30. The van der Waals surface area contributed by atoms with Crippen LogP contribution in [0.5, 0.6) is 28.7 Å². The van der Waals surface area contributed by atoms with Crippen LogP contribution in [0.3, 0.4) is 0 Å². The van der Waals surface area contributed by atoms with E-state index in [2.05, 4.69) is 6.92 Å². The highest BCUT2D eigenvalue weighted by Gasteiger charge is 2.21. The van der Waals surface area contributed by atoms with Crippen molar-refractivity contribution in [1.29, 1.82) is 0 Å². The summed E-state index contributed by atoms with van der Waals surface area (Å²) in [6, 6.07) is 15.2. The van der Waals surface area contributed by atoms with Gasteiger partial charge in [0.2, 0.25) is 6.79 Å². The summed E-state index contributed by atoms with van der Waals surface area (Å²) in [5, 5.41) is 12.2. The molecule has 0 radical (unpaired) electrons. The van der Waals surface area contributed by atoms with Crippen molar-refractivity contribution in [2.24, 2.45) is 0 Å².